The average molecular weight is 333 g/mol. The van der Waals surface area contributed by atoms with Gasteiger partial charge in [0.25, 0.3) is 0 Å². The van der Waals surface area contributed by atoms with Gasteiger partial charge in [-0.2, -0.15) is 13.2 Å². The molecule has 1 fully saturated rings. The summed E-state index contributed by atoms with van der Waals surface area (Å²) in [5, 5.41) is 3.62. The van der Waals surface area contributed by atoms with Gasteiger partial charge in [-0.15, -0.1) is 6.58 Å². The summed E-state index contributed by atoms with van der Waals surface area (Å²) < 4.78 is 39.0. The summed E-state index contributed by atoms with van der Waals surface area (Å²) in [5.74, 6) is 0. The van der Waals surface area contributed by atoms with Crippen molar-refractivity contribution in [2.75, 3.05) is 26.2 Å². The zero-order valence-corrected chi connectivity index (χ0v) is 13.3. The highest BCUT2D eigenvalue weighted by Crippen LogP contribution is 2.37. The molecule has 2 nitrogen and oxygen atoms in total. The van der Waals surface area contributed by atoms with Crippen LogP contribution < -0.4 is 5.32 Å². The molecular weight excluding hydrogens is 313 g/mol. The Morgan fingerprint density at radius 1 is 1.36 bits per heavy atom. The molecule has 1 aromatic rings. The lowest BCUT2D eigenvalue weighted by molar-refractivity contribution is -0.137. The second-order valence-electron chi connectivity index (χ2n) is 5.70. The highest BCUT2D eigenvalue weighted by atomic mass is 35.5. The third-order valence-electron chi connectivity index (χ3n) is 3.82. The first kappa shape index (κ1) is 17.3. The molecule has 1 atom stereocenters. The van der Waals surface area contributed by atoms with E-state index in [2.05, 4.69) is 16.8 Å². The van der Waals surface area contributed by atoms with Crippen LogP contribution in [0.1, 0.15) is 30.5 Å². The normalized spacial score (nSPS) is 18.2. The summed E-state index contributed by atoms with van der Waals surface area (Å²) in [4.78, 5) is 2.17. The SMILES string of the molecule is C=C(C)C[C@@H](c1cc(C(F)(F)F)ccc1Cl)N1CCNCC1. The van der Waals surface area contributed by atoms with Gasteiger partial charge in [0.2, 0.25) is 0 Å². The maximum Gasteiger partial charge on any atom is 0.416 e. The van der Waals surface area contributed by atoms with Crippen molar-refractivity contribution < 1.29 is 13.2 Å². The van der Waals surface area contributed by atoms with Gasteiger partial charge in [-0.3, -0.25) is 4.90 Å². The predicted molar refractivity (Wildman–Crippen MR) is 83.1 cm³/mol. The molecule has 0 aromatic heterocycles. The van der Waals surface area contributed by atoms with E-state index in [4.69, 9.17) is 11.6 Å². The minimum atomic E-state index is -4.36. The number of piperazine rings is 1. The molecule has 0 aliphatic carbocycles. The lowest BCUT2D eigenvalue weighted by atomic mass is 9.96. The topological polar surface area (TPSA) is 15.3 Å². The summed E-state index contributed by atoms with van der Waals surface area (Å²) in [5.41, 5.74) is 0.798. The summed E-state index contributed by atoms with van der Waals surface area (Å²) in [7, 11) is 0. The third-order valence-corrected chi connectivity index (χ3v) is 4.16. The number of nitrogens with one attached hydrogen (secondary N) is 1. The molecule has 1 saturated heterocycles. The molecule has 122 valence electrons. The first-order chi connectivity index (χ1) is 10.3. The third kappa shape index (κ3) is 4.24. The van der Waals surface area contributed by atoms with Crippen molar-refractivity contribution in [2.24, 2.45) is 0 Å². The number of benzene rings is 1. The smallest absolute Gasteiger partial charge is 0.314 e. The van der Waals surface area contributed by atoms with Gasteiger partial charge < -0.3 is 5.32 Å². The Hall–Kier alpha value is -1.04. The molecule has 1 heterocycles. The van der Waals surface area contributed by atoms with Crippen LogP contribution in [0, 0.1) is 0 Å². The van der Waals surface area contributed by atoms with Crippen LogP contribution in [0.4, 0.5) is 13.2 Å². The maximum absolute atomic E-state index is 13.0. The lowest BCUT2D eigenvalue weighted by Gasteiger charge is -2.36. The van der Waals surface area contributed by atoms with Gasteiger partial charge in [-0.1, -0.05) is 17.2 Å². The van der Waals surface area contributed by atoms with Gasteiger partial charge in [-0.05, 0) is 37.1 Å². The number of halogens is 4. The van der Waals surface area contributed by atoms with Gasteiger partial charge in [0.1, 0.15) is 0 Å². The fourth-order valence-corrected chi connectivity index (χ4v) is 2.98. The summed E-state index contributed by atoms with van der Waals surface area (Å²) in [6.45, 7) is 9.00. The van der Waals surface area contributed by atoms with Crippen LogP contribution in [0.25, 0.3) is 0 Å². The molecule has 1 aromatic carbocycles. The zero-order chi connectivity index (χ0) is 16.3. The second-order valence-corrected chi connectivity index (χ2v) is 6.10. The van der Waals surface area contributed by atoms with Gasteiger partial charge in [-0.25, -0.2) is 0 Å². The monoisotopic (exact) mass is 332 g/mol. The molecule has 6 heteroatoms. The summed E-state index contributed by atoms with van der Waals surface area (Å²) in [6.07, 6.45) is -3.77. The molecule has 1 aliphatic rings. The molecule has 2 rings (SSSR count). The number of nitrogens with zero attached hydrogens (tertiary/aromatic N) is 1. The molecule has 0 bridgehead atoms. The van der Waals surface area contributed by atoms with E-state index in [-0.39, 0.29) is 6.04 Å². The Morgan fingerprint density at radius 3 is 2.55 bits per heavy atom. The Morgan fingerprint density at radius 2 is 2.00 bits per heavy atom. The predicted octanol–water partition coefficient (Wildman–Crippen LogP) is 4.27. The first-order valence-electron chi connectivity index (χ1n) is 7.25. The van der Waals surface area contributed by atoms with Crippen molar-refractivity contribution in [1.29, 1.82) is 0 Å². The van der Waals surface area contributed by atoms with Crippen molar-refractivity contribution in [2.45, 2.75) is 25.6 Å². The fraction of sp³-hybridized carbons (Fsp3) is 0.500. The number of hydrogen-bond acceptors (Lipinski definition) is 2. The Labute approximate surface area is 133 Å². The maximum atomic E-state index is 13.0. The molecule has 22 heavy (non-hydrogen) atoms. The number of hydrogen-bond donors (Lipinski definition) is 1. The average Bonchev–Trinajstić information content (AvgIpc) is 2.45. The Balaban J connectivity index is 2.39. The molecule has 0 radical (unpaired) electrons. The Bertz CT molecular complexity index is 537. The van der Waals surface area contributed by atoms with Crippen LogP contribution in [0.2, 0.25) is 5.02 Å². The molecule has 0 saturated carbocycles. The van der Waals surface area contributed by atoms with Gasteiger partial charge >= 0.3 is 6.18 Å². The van der Waals surface area contributed by atoms with Crippen molar-refractivity contribution >= 4 is 11.6 Å². The molecule has 1 N–H and O–H groups in total. The van der Waals surface area contributed by atoms with E-state index < -0.39 is 11.7 Å². The summed E-state index contributed by atoms with van der Waals surface area (Å²) in [6, 6.07) is 3.38. The van der Waals surface area contributed by atoms with Crippen LogP contribution in [0.3, 0.4) is 0 Å². The van der Waals surface area contributed by atoms with E-state index in [1.54, 1.807) is 0 Å². The van der Waals surface area contributed by atoms with E-state index in [1.807, 2.05) is 6.92 Å². The van der Waals surface area contributed by atoms with Crippen molar-refractivity contribution in [3.63, 3.8) is 0 Å². The van der Waals surface area contributed by atoms with E-state index in [0.717, 1.165) is 37.8 Å². The minimum Gasteiger partial charge on any atom is -0.314 e. The van der Waals surface area contributed by atoms with Gasteiger partial charge in [0.05, 0.1) is 5.56 Å². The van der Waals surface area contributed by atoms with Gasteiger partial charge in [0.15, 0.2) is 0 Å². The van der Waals surface area contributed by atoms with E-state index in [0.29, 0.717) is 17.0 Å². The van der Waals surface area contributed by atoms with Gasteiger partial charge in [0, 0.05) is 37.2 Å². The highest BCUT2D eigenvalue weighted by Gasteiger charge is 2.33. The molecular formula is C16H20ClF3N2. The molecule has 0 spiro atoms. The van der Waals surface area contributed by atoms with Crippen molar-refractivity contribution in [3.05, 3.63) is 46.5 Å². The lowest BCUT2D eigenvalue weighted by Crippen LogP contribution is -2.45. The quantitative estimate of drug-likeness (QED) is 0.828. The molecule has 1 aliphatic heterocycles. The van der Waals surface area contributed by atoms with Crippen molar-refractivity contribution in [3.8, 4) is 0 Å². The first-order valence-corrected chi connectivity index (χ1v) is 7.62. The number of rotatable bonds is 4. The van der Waals surface area contributed by atoms with Crippen LogP contribution in [-0.2, 0) is 6.18 Å². The standard InChI is InChI=1S/C16H20ClF3N2/c1-11(2)9-15(22-7-5-21-6-8-22)13-10-12(16(18,19)20)3-4-14(13)17/h3-4,10,15,21H,1,5-9H2,2H3/t15-/m0/s1. The zero-order valence-electron chi connectivity index (χ0n) is 12.5. The van der Waals surface area contributed by atoms with E-state index in [1.165, 1.54) is 12.1 Å². The second kappa shape index (κ2) is 7.02. The van der Waals surface area contributed by atoms with Crippen LogP contribution in [0.5, 0.6) is 0 Å². The van der Waals surface area contributed by atoms with E-state index >= 15 is 0 Å². The van der Waals surface area contributed by atoms with Crippen LogP contribution >= 0.6 is 11.6 Å². The molecule has 0 unspecified atom stereocenters. The highest BCUT2D eigenvalue weighted by molar-refractivity contribution is 6.31. The van der Waals surface area contributed by atoms with E-state index in [9.17, 15) is 13.2 Å². The van der Waals surface area contributed by atoms with Crippen LogP contribution in [-0.4, -0.2) is 31.1 Å². The largest absolute Gasteiger partial charge is 0.416 e. The van der Waals surface area contributed by atoms with Crippen molar-refractivity contribution in [1.82, 2.24) is 10.2 Å². The fourth-order valence-electron chi connectivity index (χ4n) is 2.74. The summed E-state index contributed by atoms with van der Waals surface area (Å²) >= 11 is 6.20. The number of alkyl halides is 3. The molecule has 0 amide bonds. The minimum absolute atomic E-state index is 0.172. The Kier molecular flexibility index (Phi) is 5.53. The van der Waals surface area contributed by atoms with Crippen LogP contribution in [0.15, 0.2) is 30.4 Å².